The Morgan fingerprint density at radius 3 is 1.31 bits per heavy atom. The Morgan fingerprint density at radius 1 is 0.520 bits per heavy atom. The minimum atomic E-state index is -3.06. The number of nitrogen functional groups attached to an aromatic ring is 2. The number of unbranched alkanes of at least 4 members (excludes halogenated alkanes) is 8. The molecular formula is C65H82N2O8. The van der Waals surface area contributed by atoms with Crippen LogP contribution in [0.2, 0.25) is 0 Å². The molecule has 10 nitrogen and oxygen atoms in total. The van der Waals surface area contributed by atoms with Crippen LogP contribution < -0.4 is 20.9 Å². The van der Waals surface area contributed by atoms with Crippen LogP contribution in [0.3, 0.4) is 0 Å². The number of allylic oxidation sites excluding steroid dienone is 3. The zero-order chi connectivity index (χ0) is 53.5. The first-order valence-corrected chi connectivity index (χ1v) is 27.7. The Labute approximate surface area is 446 Å². The van der Waals surface area contributed by atoms with Crippen molar-refractivity contribution in [3.05, 3.63) is 157 Å². The van der Waals surface area contributed by atoms with Gasteiger partial charge in [-0.25, -0.2) is 0 Å². The molecule has 2 aliphatic rings. The third-order valence-corrected chi connectivity index (χ3v) is 15.6. The molecule has 75 heavy (non-hydrogen) atoms. The van der Waals surface area contributed by atoms with Gasteiger partial charge in [0, 0.05) is 23.2 Å². The standard InChI is InChI=1S/C65H82N2O8/c1-3-5-7-9-11-13-15-48-17-31-54(32-18-48)62(70)74-59-40-26-50(27-41-59)25-39-58(68)47-64(45-52-21-35-56(66)36-22-52,46-53-23-37-57(67)38-24-53)65(72,73)61(69)44-30-51-28-42-60(43-29-51)75-63(71)55-33-19-49(20-34-55)16-14-12-10-8-6-4-2/h3-4,21-30,35-44,48-49,54-55,72-73H,1-2,5-20,31-34,45-47,66-67H2. The number of benzene rings is 4. The first kappa shape index (κ1) is 57.9. The molecule has 0 bridgehead atoms. The summed E-state index contributed by atoms with van der Waals surface area (Å²) in [5.41, 5.74) is 13.8. The molecule has 2 aliphatic carbocycles. The van der Waals surface area contributed by atoms with Gasteiger partial charge in [0.15, 0.2) is 5.78 Å². The highest BCUT2D eigenvalue weighted by atomic mass is 16.5. The van der Waals surface area contributed by atoms with E-state index in [0.29, 0.717) is 57.0 Å². The van der Waals surface area contributed by atoms with E-state index in [1.807, 2.05) is 12.2 Å². The number of ketones is 2. The van der Waals surface area contributed by atoms with Gasteiger partial charge in [0.2, 0.25) is 11.6 Å². The quantitative estimate of drug-likeness (QED) is 0.00747. The smallest absolute Gasteiger partial charge is 0.314 e. The summed E-state index contributed by atoms with van der Waals surface area (Å²) in [6.45, 7) is 7.60. The predicted octanol–water partition coefficient (Wildman–Crippen LogP) is 13.7. The Bertz CT molecular complexity index is 2440. The van der Waals surface area contributed by atoms with Gasteiger partial charge in [-0.3, -0.25) is 19.2 Å². The average molecular weight is 1020 g/mol. The molecule has 0 heterocycles. The van der Waals surface area contributed by atoms with Crippen LogP contribution >= 0.6 is 0 Å². The van der Waals surface area contributed by atoms with Crippen molar-refractivity contribution in [2.75, 3.05) is 11.5 Å². The summed E-state index contributed by atoms with van der Waals surface area (Å²) in [4.78, 5) is 54.8. The number of hydrogen-bond acceptors (Lipinski definition) is 10. The van der Waals surface area contributed by atoms with Crippen LogP contribution in [-0.4, -0.2) is 39.5 Å². The number of carbonyl (C=O) groups excluding carboxylic acids is 4. The molecule has 400 valence electrons. The first-order valence-electron chi connectivity index (χ1n) is 27.7. The normalized spacial score (nSPS) is 18.2. The van der Waals surface area contributed by atoms with Crippen molar-refractivity contribution in [3.63, 3.8) is 0 Å². The third-order valence-electron chi connectivity index (χ3n) is 15.6. The Balaban J connectivity index is 1.10. The number of aliphatic hydroxyl groups is 2. The molecule has 0 unspecified atom stereocenters. The first-order chi connectivity index (χ1) is 36.2. The van der Waals surface area contributed by atoms with Crippen LogP contribution in [0.1, 0.15) is 157 Å². The van der Waals surface area contributed by atoms with E-state index < -0.39 is 29.2 Å². The van der Waals surface area contributed by atoms with E-state index in [0.717, 1.165) is 70.3 Å². The monoisotopic (exact) mass is 1020 g/mol. The van der Waals surface area contributed by atoms with E-state index in [9.17, 15) is 29.4 Å². The maximum atomic E-state index is 14.3. The SMILES string of the molecule is C=CCCCCCCC1CCC(C(=O)Oc2ccc(C=CC(=O)CC(Cc3ccc(N)cc3)(Cc3ccc(N)cc3)C(O)(O)C(=O)C=Cc3ccc(OC(=O)C4CCC(CCCCCCC=C)CC4)cc3)cc2)CC1. The summed E-state index contributed by atoms with van der Waals surface area (Å²) in [5, 5.41) is 24.6. The van der Waals surface area contributed by atoms with Crippen molar-refractivity contribution in [3.8, 4) is 11.5 Å². The van der Waals surface area contributed by atoms with E-state index in [1.165, 1.54) is 76.4 Å². The van der Waals surface area contributed by atoms with E-state index in [-0.39, 0.29) is 36.6 Å². The van der Waals surface area contributed by atoms with Gasteiger partial charge in [-0.15, -0.1) is 13.2 Å². The Kier molecular flexibility index (Phi) is 22.9. The van der Waals surface area contributed by atoms with Crippen LogP contribution in [0, 0.1) is 29.1 Å². The van der Waals surface area contributed by atoms with Crippen LogP contribution in [0.4, 0.5) is 11.4 Å². The summed E-state index contributed by atoms with van der Waals surface area (Å²) in [6, 6.07) is 27.3. The molecule has 4 aromatic rings. The molecule has 0 saturated heterocycles. The molecule has 0 atom stereocenters. The summed E-state index contributed by atoms with van der Waals surface area (Å²) >= 11 is 0. The topological polar surface area (TPSA) is 179 Å². The van der Waals surface area contributed by atoms with Crippen LogP contribution in [-0.2, 0) is 32.0 Å². The van der Waals surface area contributed by atoms with Crippen molar-refractivity contribution >= 4 is 47.0 Å². The molecule has 6 rings (SSSR count). The minimum Gasteiger partial charge on any atom is -0.426 e. The molecule has 0 aromatic heterocycles. The Morgan fingerprint density at radius 2 is 0.907 bits per heavy atom. The lowest BCUT2D eigenvalue weighted by Gasteiger charge is -2.42. The number of carbonyl (C=O) groups is 4. The predicted molar refractivity (Wildman–Crippen MR) is 302 cm³/mol. The van der Waals surface area contributed by atoms with Crippen molar-refractivity contribution in [1.29, 1.82) is 0 Å². The van der Waals surface area contributed by atoms with Gasteiger partial charge < -0.3 is 31.2 Å². The maximum Gasteiger partial charge on any atom is 0.314 e. The molecule has 6 N–H and O–H groups in total. The molecule has 2 fully saturated rings. The van der Waals surface area contributed by atoms with E-state index in [4.69, 9.17) is 20.9 Å². The van der Waals surface area contributed by atoms with Crippen molar-refractivity contribution in [2.45, 2.75) is 153 Å². The molecule has 0 aliphatic heterocycles. The average Bonchev–Trinajstić information content (AvgIpc) is 3.41. The summed E-state index contributed by atoms with van der Waals surface area (Å²) in [5.74, 6) is -3.12. The highest BCUT2D eigenvalue weighted by Gasteiger charge is 2.54. The number of rotatable bonds is 30. The summed E-state index contributed by atoms with van der Waals surface area (Å²) < 4.78 is 11.6. The largest absolute Gasteiger partial charge is 0.426 e. The van der Waals surface area contributed by atoms with Crippen LogP contribution in [0.15, 0.2) is 135 Å². The number of anilines is 2. The zero-order valence-electron chi connectivity index (χ0n) is 44.2. The van der Waals surface area contributed by atoms with Gasteiger partial charge in [0.05, 0.1) is 11.8 Å². The highest BCUT2D eigenvalue weighted by Crippen LogP contribution is 2.43. The zero-order valence-corrected chi connectivity index (χ0v) is 44.2. The van der Waals surface area contributed by atoms with Gasteiger partial charge in [0.25, 0.3) is 0 Å². The fraction of sp³-hybridized carbons (Fsp3) is 0.446. The highest BCUT2D eigenvalue weighted by molar-refractivity contribution is 6.01. The fourth-order valence-electron chi connectivity index (χ4n) is 11.0. The second-order valence-electron chi connectivity index (χ2n) is 21.4. The van der Waals surface area contributed by atoms with Gasteiger partial charge >= 0.3 is 11.9 Å². The maximum absolute atomic E-state index is 14.3. The third kappa shape index (κ3) is 18.5. The van der Waals surface area contributed by atoms with Gasteiger partial charge in [-0.05, 0) is 185 Å². The van der Waals surface area contributed by atoms with Gasteiger partial charge in [-0.1, -0.05) is 124 Å². The number of hydrogen-bond donors (Lipinski definition) is 4. The molecule has 2 saturated carbocycles. The number of esters is 2. The van der Waals surface area contributed by atoms with Crippen LogP contribution in [0.25, 0.3) is 12.2 Å². The van der Waals surface area contributed by atoms with Gasteiger partial charge in [0.1, 0.15) is 11.5 Å². The second-order valence-corrected chi connectivity index (χ2v) is 21.4. The van der Waals surface area contributed by atoms with Gasteiger partial charge in [-0.2, -0.15) is 0 Å². The molecule has 0 radical (unpaired) electrons. The summed E-state index contributed by atoms with van der Waals surface area (Å²) in [7, 11) is 0. The minimum absolute atomic E-state index is 0.0832. The molecule has 0 amide bonds. The van der Waals surface area contributed by atoms with Crippen molar-refractivity contribution in [1.82, 2.24) is 0 Å². The van der Waals surface area contributed by atoms with Crippen molar-refractivity contribution in [2.24, 2.45) is 29.1 Å². The van der Waals surface area contributed by atoms with E-state index >= 15 is 0 Å². The molecule has 4 aromatic carbocycles. The molecule has 10 heteroatoms. The Hall–Kier alpha value is -6.36. The lowest BCUT2D eigenvalue weighted by atomic mass is 9.65. The number of ether oxygens (including phenoxy) is 2. The number of nitrogens with two attached hydrogens (primary N) is 2. The molecule has 0 spiro atoms. The molecular weight excluding hydrogens is 937 g/mol. The van der Waals surface area contributed by atoms with E-state index in [1.54, 1.807) is 103 Å². The van der Waals surface area contributed by atoms with Crippen LogP contribution in [0.5, 0.6) is 11.5 Å². The lowest BCUT2D eigenvalue weighted by molar-refractivity contribution is -0.230. The fourth-order valence-corrected chi connectivity index (χ4v) is 11.0. The second kappa shape index (κ2) is 29.7. The lowest BCUT2D eigenvalue weighted by Crippen LogP contribution is -2.57. The van der Waals surface area contributed by atoms with Crippen molar-refractivity contribution < 1.29 is 38.9 Å². The summed E-state index contributed by atoms with van der Waals surface area (Å²) in [6.07, 6.45) is 30.8. The van der Waals surface area contributed by atoms with E-state index in [2.05, 4.69) is 13.2 Å².